The van der Waals surface area contributed by atoms with Crippen LogP contribution in [0.1, 0.15) is 22.2 Å². The van der Waals surface area contributed by atoms with Crippen LogP contribution in [0.3, 0.4) is 0 Å². The smallest absolute Gasteiger partial charge is 0.356 e. The molecule has 3 rings (SSSR count). The number of morpholine rings is 1. The molecular weight excluding hydrogens is 322 g/mol. The highest BCUT2D eigenvalue weighted by Crippen LogP contribution is 2.25. The van der Waals surface area contributed by atoms with E-state index >= 15 is 0 Å². The van der Waals surface area contributed by atoms with Gasteiger partial charge in [-0.3, -0.25) is 4.68 Å². The fourth-order valence-corrected chi connectivity index (χ4v) is 2.62. The summed E-state index contributed by atoms with van der Waals surface area (Å²) < 4.78 is 12.2. The van der Waals surface area contributed by atoms with Crippen LogP contribution in [0, 0.1) is 0 Å². The minimum Gasteiger partial charge on any atom is -0.464 e. The highest BCUT2D eigenvalue weighted by Gasteiger charge is 2.25. The number of ether oxygens (including phenoxy) is 2. The van der Waals surface area contributed by atoms with Crippen molar-refractivity contribution in [3.05, 3.63) is 35.0 Å². The van der Waals surface area contributed by atoms with Crippen LogP contribution in [0.5, 0.6) is 0 Å². The monoisotopic (exact) mass is 337 g/mol. The summed E-state index contributed by atoms with van der Waals surface area (Å²) in [7, 11) is 3.15. The van der Waals surface area contributed by atoms with Crippen LogP contribution >= 0.6 is 11.6 Å². The summed E-state index contributed by atoms with van der Waals surface area (Å²) >= 11 is 5.93. The van der Waals surface area contributed by atoms with Crippen molar-refractivity contribution in [3.63, 3.8) is 0 Å². The van der Waals surface area contributed by atoms with Gasteiger partial charge in [0.1, 0.15) is 11.9 Å². The van der Waals surface area contributed by atoms with Crippen molar-refractivity contribution in [2.24, 2.45) is 7.05 Å². The first kappa shape index (κ1) is 15.7. The summed E-state index contributed by atoms with van der Waals surface area (Å²) in [4.78, 5) is 21.8. The van der Waals surface area contributed by atoms with E-state index < -0.39 is 5.97 Å². The largest absolute Gasteiger partial charge is 0.464 e. The van der Waals surface area contributed by atoms with Crippen molar-refractivity contribution < 1.29 is 14.3 Å². The van der Waals surface area contributed by atoms with Crippen molar-refractivity contribution in [1.82, 2.24) is 19.7 Å². The molecule has 0 N–H and O–H groups in total. The highest BCUT2D eigenvalue weighted by atomic mass is 35.5. The average Bonchev–Trinajstić information content (AvgIpc) is 3.00. The van der Waals surface area contributed by atoms with E-state index in [1.54, 1.807) is 16.9 Å². The van der Waals surface area contributed by atoms with E-state index in [4.69, 9.17) is 16.3 Å². The minimum absolute atomic E-state index is 0.00678. The molecule has 0 radical (unpaired) electrons. The molecule has 2 aromatic rings. The van der Waals surface area contributed by atoms with Crippen LogP contribution in [-0.4, -0.2) is 52.5 Å². The molecule has 0 aromatic carbocycles. The van der Waals surface area contributed by atoms with Gasteiger partial charge in [-0.2, -0.15) is 5.10 Å². The molecule has 1 fully saturated rings. The second kappa shape index (κ2) is 6.51. The number of carbonyl (C=O) groups is 1. The van der Waals surface area contributed by atoms with E-state index in [0.717, 1.165) is 5.56 Å². The highest BCUT2D eigenvalue weighted by molar-refractivity contribution is 6.28. The van der Waals surface area contributed by atoms with Crippen LogP contribution in [-0.2, 0) is 16.5 Å². The van der Waals surface area contributed by atoms with E-state index in [2.05, 4.69) is 19.8 Å². The van der Waals surface area contributed by atoms with E-state index in [1.165, 1.54) is 7.11 Å². The molecule has 0 aliphatic carbocycles. The number of hydrogen-bond acceptors (Lipinski definition) is 7. The number of esters is 1. The second-order valence-electron chi connectivity index (χ2n) is 5.12. The molecule has 23 heavy (non-hydrogen) atoms. The molecule has 0 saturated carbocycles. The molecule has 9 heteroatoms. The van der Waals surface area contributed by atoms with Crippen LogP contribution in [0.4, 0.5) is 5.82 Å². The molecule has 1 atom stereocenters. The van der Waals surface area contributed by atoms with Gasteiger partial charge < -0.3 is 14.4 Å². The van der Waals surface area contributed by atoms with Gasteiger partial charge in [0.05, 0.1) is 19.9 Å². The Kier molecular flexibility index (Phi) is 4.44. The Hall–Kier alpha value is -2.19. The summed E-state index contributed by atoms with van der Waals surface area (Å²) in [5, 5.41) is 4.17. The minimum atomic E-state index is -0.549. The SMILES string of the molecule is COC(=O)c1cc(N2CCOC(c3cnn(C)c3)C2)nc(Cl)n1. The van der Waals surface area contributed by atoms with Gasteiger partial charge in [0.15, 0.2) is 5.69 Å². The molecule has 3 heterocycles. The molecule has 1 unspecified atom stereocenters. The Balaban J connectivity index is 1.83. The van der Waals surface area contributed by atoms with Crippen molar-refractivity contribution in [2.75, 3.05) is 31.7 Å². The molecule has 8 nitrogen and oxygen atoms in total. The number of rotatable bonds is 3. The predicted molar refractivity (Wildman–Crippen MR) is 82.5 cm³/mol. The van der Waals surface area contributed by atoms with Gasteiger partial charge in [-0.25, -0.2) is 14.8 Å². The van der Waals surface area contributed by atoms with E-state index in [9.17, 15) is 4.79 Å². The average molecular weight is 338 g/mol. The first-order valence-electron chi connectivity index (χ1n) is 7.05. The summed E-state index contributed by atoms with van der Waals surface area (Å²) in [6.45, 7) is 1.76. The third-order valence-corrected chi connectivity index (χ3v) is 3.74. The molecule has 2 aromatic heterocycles. The summed E-state index contributed by atoms with van der Waals surface area (Å²) in [5.41, 5.74) is 1.12. The summed E-state index contributed by atoms with van der Waals surface area (Å²) in [5.74, 6) is 0.0233. The topological polar surface area (TPSA) is 82.4 Å². The van der Waals surface area contributed by atoms with Crippen molar-refractivity contribution in [3.8, 4) is 0 Å². The molecule has 1 saturated heterocycles. The lowest BCUT2D eigenvalue weighted by Gasteiger charge is -2.33. The van der Waals surface area contributed by atoms with Gasteiger partial charge >= 0.3 is 5.97 Å². The molecule has 0 spiro atoms. The van der Waals surface area contributed by atoms with Crippen molar-refractivity contribution >= 4 is 23.4 Å². The van der Waals surface area contributed by atoms with Crippen LogP contribution in [0.2, 0.25) is 5.28 Å². The van der Waals surface area contributed by atoms with Gasteiger partial charge in [0, 0.05) is 38.0 Å². The molecule has 1 aliphatic heterocycles. The van der Waals surface area contributed by atoms with Gasteiger partial charge in [0.25, 0.3) is 0 Å². The number of anilines is 1. The number of halogens is 1. The standard InChI is InChI=1S/C14H16ClN5O3/c1-19-7-9(6-16-19)11-8-20(3-4-23-11)12-5-10(13(21)22-2)17-14(15)18-12/h5-7,11H,3-4,8H2,1-2H3. The Morgan fingerprint density at radius 1 is 1.48 bits per heavy atom. The van der Waals surface area contributed by atoms with Gasteiger partial charge in [-0.1, -0.05) is 0 Å². The molecule has 1 aliphatic rings. The normalized spacial score (nSPS) is 18.0. The van der Waals surface area contributed by atoms with Crippen molar-refractivity contribution in [2.45, 2.75) is 6.10 Å². The lowest BCUT2D eigenvalue weighted by atomic mass is 10.1. The van der Waals surface area contributed by atoms with Crippen molar-refractivity contribution in [1.29, 1.82) is 0 Å². The fourth-order valence-electron chi connectivity index (χ4n) is 2.44. The maximum Gasteiger partial charge on any atom is 0.356 e. The number of carbonyl (C=O) groups excluding carboxylic acids is 1. The molecule has 0 bridgehead atoms. The molecule has 122 valence electrons. The van der Waals surface area contributed by atoms with Gasteiger partial charge in [-0.05, 0) is 11.6 Å². The summed E-state index contributed by atoms with van der Waals surface area (Å²) in [6.07, 6.45) is 3.58. The zero-order valence-electron chi connectivity index (χ0n) is 12.8. The van der Waals surface area contributed by atoms with Crippen LogP contribution in [0.15, 0.2) is 18.5 Å². The maximum atomic E-state index is 11.7. The third-order valence-electron chi connectivity index (χ3n) is 3.57. The van der Waals surface area contributed by atoms with E-state index in [1.807, 2.05) is 18.1 Å². The number of aryl methyl sites for hydroxylation is 1. The van der Waals surface area contributed by atoms with Gasteiger partial charge in [-0.15, -0.1) is 0 Å². The zero-order valence-corrected chi connectivity index (χ0v) is 13.5. The number of hydrogen-bond donors (Lipinski definition) is 0. The number of methoxy groups -OCH3 is 1. The quantitative estimate of drug-likeness (QED) is 0.615. The van der Waals surface area contributed by atoms with Crippen LogP contribution in [0.25, 0.3) is 0 Å². The van der Waals surface area contributed by atoms with Gasteiger partial charge in [0.2, 0.25) is 5.28 Å². The van der Waals surface area contributed by atoms with Crippen LogP contribution < -0.4 is 4.90 Å². The Morgan fingerprint density at radius 2 is 2.30 bits per heavy atom. The second-order valence-corrected chi connectivity index (χ2v) is 5.46. The summed E-state index contributed by atoms with van der Waals surface area (Å²) in [6, 6.07) is 1.57. The Morgan fingerprint density at radius 3 is 3.00 bits per heavy atom. The maximum absolute atomic E-state index is 11.7. The molecular formula is C14H16ClN5O3. The Bertz CT molecular complexity index is 720. The fraction of sp³-hybridized carbons (Fsp3) is 0.429. The number of nitrogens with zero attached hydrogens (tertiary/aromatic N) is 5. The third kappa shape index (κ3) is 3.43. The lowest BCUT2D eigenvalue weighted by Crippen LogP contribution is -2.39. The lowest BCUT2D eigenvalue weighted by molar-refractivity contribution is 0.0394. The van der Waals surface area contributed by atoms with E-state index in [-0.39, 0.29) is 17.1 Å². The van der Waals surface area contributed by atoms with E-state index in [0.29, 0.717) is 25.5 Å². The zero-order chi connectivity index (χ0) is 16.4. The predicted octanol–water partition coefficient (Wildman–Crippen LogP) is 1.23. The Labute approximate surface area is 138 Å². The first-order chi connectivity index (χ1) is 11.1. The first-order valence-corrected chi connectivity index (χ1v) is 7.42. The molecule has 0 amide bonds. The number of aromatic nitrogens is 4.